The standard InChI is InChI=1S/C17H22N2O4/c1-4-11-23-14-7-5-13(6-8-14)17(3)9-10-19(16(17)21)12(2)15(20)18-22/h4-8,12,22H,1,9-11H2,2-3H3,(H,18,20)/t12-,17+/m1/s1. The van der Waals surface area contributed by atoms with E-state index in [4.69, 9.17) is 9.94 Å². The summed E-state index contributed by atoms with van der Waals surface area (Å²) in [5.41, 5.74) is 1.80. The van der Waals surface area contributed by atoms with Gasteiger partial charge in [0, 0.05) is 6.54 Å². The fourth-order valence-electron chi connectivity index (χ4n) is 2.82. The summed E-state index contributed by atoms with van der Waals surface area (Å²) in [6, 6.07) is 6.69. The number of rotatable bonds is 6. The second kappa shape index (κ2) is 6.83. The molecule has 2 N–H and O–H groups in total. The van der Waals surface area contributed by atoms with Crippen LogP contribution in [0.5, 0.6) is 5.75 Å². The maximum absolute atomic E-state index is 12.8. The Morgan fingerprint density at radius 2 is 2.17 bits per heavy atom. The van der Waals surface area contributed by atoms with Crippen molar-refractivity contribution in [3.8, 4) is 5.75 Å². The van der Waals surface area contributed by atoms with Crippen molar-refractivity contribution >= 4 is 11.8 Å². The molecule has 1 heterocycles. The van der Waals surface area contributed by atoms with Gasteiger partial charge in [-0.1, -0.05) is 24.8 Å². The van der Waals surface area contributed by atoms with Gasteiger partial charge in [-0.3, -0.25) is 14.8 Å². The van der Waals surface area contributed by atoms with E-state index in [1.54, 1.807) is 18.5 Å². The molecule has 1 aliphatic heterocycles. The number of nitrogens with zero attached hydrogens (tertiary/aromatic N) is 1. The van der Waals surface area contributed by atoms with Gasteiger partial charge >= 0.3 is 0 Å². The Kier molecular flexibility index (Phi) is 5.05. The Hall–Kier alpha value is -2.34. The first-order valence-corrected chi connectivity index (χ1v) is 7.53. The molecule has 6 nitrogen and oxygen atoms in total. The number of hydrogen-bond acceptors (Lipinski definition) is 4. The summed E-state index contributed by atoms with van der Waals surface area (Å²) < 4.78 is 5.44. The number of hydroxylamine groups is 1. The molecule has 0 bridgehead atoms. The van der Waals surface area contributed by atoms with Crippen molar-refractivity contribution in [1.82, 2.24) is 10.4 Å². The molecule has 6 heteroatoms. The molecular weight excluding hydrogens is 296 g/mol. The minimum Gasteiger partial charge on any atom is -0.490 e. The van der Waals surface area contributed by atoms with Gasteiger partial charge in [0.25, 0.3) is 5.91 Å². The van der Waals surface area contributed by atoms with Crippen LogP contribution in [0.25, 0.3) is 0 Å². The molecule has 0 saturated carbocycles. The number of nitrogens with one attached hydrogen (secondary N) is 1. The lowest BCUT2D eigenvalue weighted by molar-refractivity contribution is -0.143. The van der Waals surface area contributed by atoms with Crippen molar-refractivity contribution in [1.29, 1.82) is 0 Å². The van der Waals surface area contributed by atoms with E-state index >= 15 is 0 Å². The molecule has 0 unspecified atom stereocenters. The molecule has 2 rings (SSSR count). The van der Waals surface area contributed by atoms with E-state index in [-0.39, 0.29) is 5.91 Å². The average Bonchev–Trinajstić information content (AvgIpc) is 2.88. The van der Waals surface area contributed by atoms with Gasteiger partial charge in [0.2, 0.25) is 5.91 Å². The number of carbonyl (C=O) groups is 2. The molecule has 1 aliphatic rings. The van der Waals surface area contributed by atoms with Crippen LogP contribution in [0.1, 0.15) is 25.8 Å². The molecule has 23 heavy (non-hydrogen) atoms. The van der Waals surface area contributed by atoms with E-state index in [9.17, 15) is 9.59 Å². The minimum atomic E-state index is -0.704. The molecule has 1 saturated heterocycles. The maximum atomic E-state index is 12.8. The second-order valence-corrected chi connectivity index (χ2v) is 5.86. The number of benzene rings is 1. The third-order valence-electron chi connectivity index (χ3n) is 4.40. The zero-order valence-electron chi connectivity index (χ0n) is 13.4. The van der Waals surface area contributed by atoms with E-state index in [1.807, 2.05) is 31.2 Å². The van der Waals surface area contributed by atoms with Gasteiger partial charge in [0.05, 0.1) is 5.41 Å². The minimum absolute atomic E-state index is 0.117. The Balaban J connectivity index is 2.17. The van der Waals surface area contributed by atoms with Crippen molar-refractivity contribution in [2.24, 2.45) is 0 Å². The number of hydrogen-bond donors (Lipinski definition) is 2. The molecular formula is C17H22N2O4. The molecule has 124 valence electrons. The summed E-state index contributed by atoms with van der Waals surface area (Å²) in [7, 11) is 0. The molecule has 2 atom stereocenters. The summed E-state index contributed by atoms with van der Waals surface area (Å²) in [6.45, 7) is 7.97. The number of ether oxygens (including phenoxy) is 1. The zero-order valence-corrected chi connectivity index (χ0v) is 13.4. The lowest BCUT2D eigenvalue weighted by Gasteiger charge is -2.27. The van der Waals surface area contributed by atoms with Crippen molar-refractivity contribution in [3.05, 3.63) is 42.5 Å². The smallest absolute Gasteiger partial charge is 0.265 e. The lowest BCUT2D eigenvalue weighted by atomic mass is 9.81. The Morgan fingerprint density at radius 3 is 2.74 bits per heavy atom. The van der Waals surface area contributed by atoms with Crippen LogP contribution in [0.15, 0.2) is 36.9 Å². The summed E-state index contributed by atoms with van der Waals surface area (Å²) in [4.78, 5) is 25.8. The SMILES string of the molecule is C=CCOc1ccc([C@]2(C)CCN([C@H](C)C(=O)NO)C2=O)cc1. The van der Waals surface area contributed by atoms with Crippen molar-refractivity contribution in [2.45, 2.75) is 31.7 Å². The monoisotopic (exact) mass is 318 g/mol. The molecule has 1 aromatic rings. The van der Waals surface area contributed by atoms with Gasteiger partial charge in [-0.05, 0) is 38.0 Å². The predicted molar refractivity (Wildman–Crippen MR) is 85.2 cm³/mol. The van der Waals surface area contributed by atoms with Crippen LogP contribution in [0.3, 0.4) is 0 Å². The van der Waals surface area contributed by atoms with E-state index < -0.39 is 17.4 Å². The highest BCUT2D eigenvalue weighted by molar-refractivity contribution is 5.94. The molecule has 0 aliphatic carbocycles. The topological polar surface area (TPSA) is 78.9 Å². The molecule has 0 aromatic heterocycles. The van der Waals surface area contributed by atoms with E-state index in [2.05, 4.69) is 6.58 Å². The van der Waals surface area contributed by atoms with Gasteiger partial charge in [0.1, 0.15) is 18.4 Å². The third-order valence-corrected chi connectivity index (χ3v) is 4.40. The fraction of sp³-hybridized carbons (Fsp3) is 0.412. The summed E-state index contributed by atoms with van der Waals surface area (Å²) in [5, 5.41) is 8.74. The second-order valence-electron chi connectivity index (χ2n) is 5.86. The Labute approximate surface area is 135 Å². The van der Waals surface area contributed by atoms with Crippen LogP contribution in [-0.2, 0) is 15.0 Å². The summed E-state index contributed by atoms with van der Waals surface area (Å²) in [5.74, 6) is 0.0108. The highest BCUT2D eigenvalue weighted by atomic mass is 16.5. The van der Waals surface area contributed by atoms with E-state index in [0.29, 0.717) is 25.3 Å². The molecule has 1 fully saturated rings. The summed E-state index contributed by atoms with van der Waals surface area (Å²) >= 11 is 0. The van der Waals surface area contributed by atoms with Gasteiger partial charge < -0.3 is 9.64 Å². The third kappa shape index (κ3) is 3.22. The first-order chi connectivity index (χ1) is 10.9. The van der Waals surface area contributed by atoms with E-state index in [0.717, 1.165) is 5.56 Å². The number of likely N-dealkylation sites (tertiary alicyclic amines) is 1. The largest absolute Gasteiger partial charge is 0.490 e. The van der Waals surface area contributed by atoms with Crippen molar-refractivity contribution in [3.63, 3.8) is 0 Å². The van der Waals surface area contributed by atoms with Crippen LogP contribution in [0.4, 0.5) is 0 Å². The van der Waals surface area contributed by atoms with E-state index in [1.165, 1.54) is 4.90 Å². The zero-order chi connectivity index (χ0) is 17.0. The van der Waals surface area contributed by atoms with Crippen LogP contribution < -0.4 is 10.2 Å². The lowest BCUT2D eigenvalue weighted by Crippen LogP contribution is -2.47. The van der Waals surface area contributed by atoms with Crippen molar-refractivity contribution < 1.29 is 19.5 Å². The first-order valence-electron chi connectivity index (χ1n) is 7.53. The fourth-order valence-corrected chi connectivity index (χ4v) is 2.82. The molecule has 0 radical (unpaired) electrons. The molecule has 0 spiro atoms. The van der Waals surface area contributed by atoms with Crippen LogP contribution in [0.2, 0.25) is 0 Å². The Morgan fingerprint density at radius 1 is 1.52 bits per heavy atom. The van der Waals surface area contributed by atoms with Crippen LogP contribution in [0, 0.1) is 0 Å². The average molecular weight is 318 g/mol. The van der Waals surface area contributed by atoms with Crippen LogP contribution >= 0.6 is 0 Å². The predicted octanol–water partition coefficient (Wildman–Crippen LogP) is 1.64. The number of amides is 2. The molecule has 1 aromatic carbocycles. The summed E-state index contributed by atoms with van der Waals surface area (Å²) in [6.07, 6.45) is 2.28. The number of carbonyl (C=O) groups excluding carboxylic acids is 2. The Bertz CT molecular complexity index is 599. The first kappa shape index (κ1) is 17.0. The highest BCUT2D eigenvalue weighted by Gasteiger charge is 2.46. The normalized spacial score (nSPS) is 21.9. The van der Waals surface area contributed by atoms with Gasteiger partial charge in [0.15, 0.2) is 0 Å². The van der Waals surface area contributed by atoms with Gasteiger partial charge in [-0.25, -0.2) is 5.48 Å². The van der Waals surface area contributed by atoms with Gasteiger partial charge in [-0.15, -0.1) is 0 Å². The highest BCUT2D eigenvalue weighted by Crippen LogP contribution is 2.37. The molecule has 2 amide bonds. The van der Waals surface area contributed by atoms with Crippen molar-refractivity contribution in [2.75, 3.05) is 13.2 Å². The van der Waals surface area contributed by atoms with Crippen LogP contribution in [-0.4, -0.2) is 41.1 Å². The quantitative estimate of drug-likeness (QED) is 0.475. The maximum Gasteiger partial charge on any atom is 0.265 e. The van der Waals surface area contributed by atoms with Gasteiger partial charge in [-0.2, -0.15) is 0 Å².